The maximum absolute atomic E-state index is 11.7. The number of hydrogen-bond donors (Lipinski definition) is 2. The summed E-state index contributed by atoms with van der Waals surface area (Å²) in [6.07, 6.45) is 1.63. The Morgan fingerprint density at radius 3 is 2.41 bits per heavy atom. The van der Waals surface area contributed by atoms with Crippen LogP contribution in [0.3, 0.4) is 0 Å². The van der Waals surface area contributed by atoms with Crippen molar-refractivity contribution in [1.82, 2.24) is 10.1 Å². The number of nitrogens with zero attached hydrogens (tertiary/aromatic N) is 2. The van der Waals surface area contributed by atoms with Gasteiger partial charge in [0.05, 0.1) is 11.5 Å². The number of thioether (sulfide) groups is 1. The Bertz CT molecular complexity index is 672. The molecule has 0 saturated heterocycles. The lowest BCUT2D eigenvalue weighted by atomic mass is 10.3. The van der Waals surface area contributed by atoms with Crippen LogP contribution in [0, 0.1) is 13.8 Å². The first kappa shape index (κ1) is 16.0. The minimum atomic E-state index is -0.236. The van der Waals surface area contributed by atoms with Crippen molar-refractivity contribution in [2.24, 2.45) is 0 Å². The van der Waals surface area contributed by atoms with Gasteiger partial charge in [0.15, 0.2) is 5.82 Å². The fourth-order valence-corrected chi connectivity index (χ4v) is 2.24. The smallest absolute Gasteiger partial charge is 0.235 e. The zero-order valence-electron chi connectivity index (χ0n) is 12.3. The maximum atomic E-state index is 11.7. The lowest BCUT2D eigenvalue weighted by Gasteiger charge is -2.05. The number of anilines is 2. The number of rotatable bonds is 6. The van der Waals surface area contributed by atoms with Crippen molar-refractivity contribution in [2.75, 3.05) is 22.1 Å². The highest BCUT2D eigenvalue weighted by Gasteiger charge is 2.09. The van der Waals surface area contributed by atoms with E-state index in [1.54, 1.807) is 25.3 Å². The topological polar surface area (TPSA) is 97.1 Å². The van der Waals surface area contributed by atoms with Crippen molar-refractivity contribution in [3.63, 3.8) is 0 Å². The Labute approximate surface area is 131 Å². The SMILES string of the molecule is Cc1ccnc(NC(=O)CSCC(=O)Nc2cc(C)on2)c1. The van der Waals surface area contributed by atoms with E-state index < -0.39 is 0 Å². The summed E-state index contributed by atoms with van der Waals surface area (Å²) in [7, 11) is 0. The van der Waals surface area contributed by atoms with Gasteiger partial charge in [-0.2, -0.15) is 0 Å². The van der Waals surface area contributed by atoms with Gasteiger partial charge >= 0.3 is 0 Å². The van der Waals surface area contributed by atoms with E-state index in [0.717, 1.165) is 5.56 Å². The Morgan fingerprint density at radius 1 is 1.14 bits per heavy atom. The molecule has 0 aliphatic carbocycles. The van der Waals surface area contributed by atoms with Gasteiger partial charge in [0, 0.05) is 12.3 Å². The zero-order chi connectivity index (χ0) is 15.9. The van der Waals surface area contributed by atoms with E-state index in [1.165, 1.54) is 11.8 Å². The minimum absolute atomic E-state index is 0.153. The molecule has 2 amide bonds. The summed E-state index contributed by atoms with van der Waals surface area (Å²) in [5.74, 6) is 1.38. The lowest BCUT2D eigenvalue weighted by molar-refractivity contribution is -0.114. The standard InChI is InChI=1S/C14H16N4O3S/c1-9-3-4-15-11(5-9)16-13(19)7-22-8-14(20)17-12-6-10(2)21-18-12/h3-6H,7-8H2,1-2H3,(H,15,16,19)(H,17,18,20). The van der Waals surface area contributed by atoms with Gasteiger partial charge in [-0.25, -0.2) is 4.98 Å². The fraction of sp³-hybridized carbons (Fsp3) is 0.286. The third-order valence-electron chi connectivity index (χ3n) is 2.54. The second kappa shape index (κ2) is 7.60. The van der Waals surface area contributed by atoms with Crippen LogP contribution in [0.1, 0.15) is 11.3 Å². The molecule has 2 heterocycles. The molecule has 8 heteroatoms. The lowest BCUT2D eigenvalue weighted by Crippen LogP contribution is -2.19. The van der Waals surface area contributed by atoms with E-state index >= 15 is 0 Å². The number of nitrogens with one attached hydrogen (secondary N) is 2. The average molecular weight is 320 g/mol. The zero-order valence-corrected chi connectivity index (χ0v) is 13.1. The monoisotopic (exact) mass is 320 g/mol. The number of amides is 2. The van der Waals surface area contributed by atoms with Crippen LogP contribution in [-0.4, -0.2) is 33.5 Å². The third-order valence-corrected chi connectivity index (χ3v) is 3.48. The molecule has 2 aromatic heterocycles. The largest absolute Gasteiger partial charge is 0.360 e. The summed E-state index contributed by atoms with van der Waals surface area (Å²) >= 11 is 1.21. The second-order valence-corrected chi connectivity index (χ2v) is 5.62. The van der Waals surface area contributed by atoms with E-state index in [-0.39, 0.29) is 23.3 Å². The first-order chi connectivity index (χ1) is 10.5. The van der Waals surface area contributed by atoms with E-state index in [9.17, 15) is 9.59 Å². The molecule has 0 saturated carbocycles. The summed E-state index contributed by atoms with van der Waals surface area (Å²) in [6, 6.07) is 5.25. The van der Waals surface area contributed by atoms with Crippen molar-refractivity contribution >= 4 is 35.2 Å². The predicted molar refractivity (Wildman–Crippen MR) is 84.8 cm³/mol. The Balaban J connectivity index is 1.69. The van der Waals surface area contributed by atoms with E-state index in [1.807, 2.05) is 13.0 Å². The van der Waals surface area contributed by atoms with Gasteiger partial charge in [-0.05, 0) is 31.5 Å². The number of carbonyl (C=O) groups excluding carboxylic acids is 2. The Kier molecular flexibility index (Phi) is 5.54. The third kappa shape index (κ3) is 5.21. The molecule has 0 atom stereocenters. The molecule has 7 nitrogen and oxygen atoms in total. The molecule has 116 valence electrons. The maximum Gasteiger partial charge on any atom is 0.235 e. The number of aromatic nitrogens is 2. The van der Waals surface area contributed by atoms with Crippen LogP contribution in [0.5, 0.6) is 0 Å². The van der Waals surface area contributed by atoms with Crippen molar-refractivity contribution in [2.45, 2.75) is 13.8 Å². The minimum Gasteiger partial charge on any atom is -0.360 e. The molecule has 0 aliphatic heterocycles. The predicted octanol–water partition coefficient (Wildman–Crippen LogP) is 2.00. The normalized spacial score (nSPS) is 10.3. The highest BCUT2D eigenvalue weighted by molar-refractivity contribution is 8.00. The van der Waals surface area contributed by atoms with Crippen molar-refractivity contribution in [3.8, 4) is 0 Å². The van der Waals surface area contributed by atoms with Crippen LogP contribution < -0.4 is 10.6 Å². The van der Waals surface area contributed by atoms with Crippen LogP contribution in [0.15, 0.2) is 28.9 Å². The molecule has 0 unspecified atom stereocenters. The van der Waals surface area contributed by atoms with Gasteiger partial charge in [0.25, 0.3) is 0 Å². The molecule has 0 aliphatic rings. The molecule has 0 radical (unpaired) electrons. The van der Waals surface area contributed by atoms with Gasteiger partial charge in [-0.1, -0.05) is 5.16 Å². The van der Waals surface area contributed by atoms with Crippen LogP contribution in [0.4, 0.5) is 11.6 Å². The van der Waals surface area contributed by atoms with E-state index in [0.29, 0.717) is 17.4 Å². The highest BCUT2D eigenvalue weighted by atomic mass is 32.2. The molecule has 22 heavy (non-hydrogen) atoms. The van der Waals surface area contributed by atoms with Crippen LogP contribution >= 0.6 is 11.8 Å². The van der Waals surface area contributed by atoms with Crippen molar-refractivity contribution < 1.29 is 14.1 Å². The summed E-state index contributed by atoms with van der Waals surface area (Å²) in [5, 5.41) is 8.92. The van der Waals surface area contributed by atoms with Crippen LogP contribution in [0.25, 0.3) is 0 Å². The Hall–Kier alpha value is -2.35. The van der Waals surface area contributed by atoms with Gasteiger partial charge in [0.1, 0.15) is 11.6 Å². The fourth-order valence-electron chi connectivity index (χ4n) is 1.62. The van der Waals surface area contributed by atoms with Gasteiger partial charge in [0.2, 0.25) is 11.8 Å². The molecule has 0 spiro atoms. The van der Waals surface area contributed by atoms with Crippen LogP contribution in [0.2, 0.25) is 0 Å². The molecular weight excluding hydrogens is 304 g/mol. The van der Waals surface area contributed by atoms with Crippen molar-refractivity contribution in [1.29, 1.82) is 0 Å². The van der Waals surface area contributed by atoms with Gasteiger partial charge in [-0.15, -0.1) is 11.8 Å². The number of aryl methyl sites for hydroxylation is 2. The van der Waals surface area contributed by atoms with Crippen molar-refractivity contribution in [3.05, 3.63) is 35.7 Å². The van der Waals surface area contributed by atoms with E-state index in [4.69, 9.17) is 4.52 Å². The average Bonchev–Trinajstić information content (AvgIpc) is 2.84. The molecule has 0 fully saturated rings. The van der Waals surface area contributed by atoms with Gasteiger partial charge < -0.3 is 15.2 Å². The molecule has 2 aromatic rings. The molecule has 2 N–H and O–H groups in total. The van der Waals surface area contributed by atoms with Gasteiger partial charge in [-0.3, -0.25) is 9.59 Å². The molecule has 0 bridgehead atoms. The summed E-state index contributed by atoms with van der Waals surface area (Å²) in [6.45, 7) is 3.66. The first-order valence-corrected chi connectivity index (χ1v) is 7.72. The summed E-state index contributed by atoms with van der Waals surface area (Å²) in [5.41, 5.74) is 1.01. The number of pyridine rings is 1. The second-order valence-electron chi connectivity index (χ2n) is 4.63. The number of hydrogen-bond acceptors (Lipinski definition) is 6. The first-order valence-electron chi connectivity index (χ1n) is 6.56. The Morgan fingerprint density at radius 2 is 1.82 bits per heavy atom. The molecule has 2 rings (SSSR count). The quantitative estimate of drug-likeness (QED) is 0.845. The number of carbonyl (C=O) groups is 2. The molecular formula is C14H16N4O3S. The molecule has 0 aromatic carbocycles. The van der Waals surface area contributed by atoms with E-state index in [2.05, 4.69) is 20.8 Å². The summed E-state index contributed by atoms with van der Waals surface area (Å²) in [4.78, 5) is 27.4. The highest BCUT2D eigenvalue weighted by Crippen LogP contribution is 2.09. The summed E-state index contributed by atoms with van der Waals surface area (Å²) < 4.78 is 4.84. The van der Waals surface area contributed by atoms with Crippen LogP contribution in [-0.2, 0) is 9.59 Å².